The maximum Gasteiger partial charge on any atom is 0.166 e. The Kier molecular flexibility index (Phi) is 3.16. The number of aromatic hydroxyl groups is 2. The van der Waals surface area contributed by atoms with Gasteiger partial charge >= 0.3 is 0 Å². The normalized spacial score (nSPS) is 17.2. The highest BCUT2D eigenvalue weighted by Crippen LogP contribution is 2.46. The largest absolute Gasteiger partial charge is 0.504 e. The summed E-state index contributed by atoms with van der Waals surface area (Å²) < 4.78 is 0. The number of phenols is 2. The van der Waals surface area contributed by atoms with E-state index >= 15 is 0 Å². The molecule has 2 aromatic carbocycles. The molecule has 0 aliphatic heterocycles. The van der Waals surface area contributed by atoms with Crippen molar-refractivity contribution in [1.82, 2.24) is 0 Å². The van der Waals surface area contributed by atoms with Crippen LogP contribution >= 0.6 is 0 Å². The van der Waals surface area contributed by atoms with Crippen molar-refractivity contribution >= 4 is 10.8 Å². The van der Waals surface area contributed by atoms with Crippen LogP contribution in [0.1, 0.15) is 63.1 Å². The van der Waals surface area contributed by atoms with Crippen LogP contribution in [0, 0.1) is 0 Å². The second-order valence-corrected chi connectivity index (χ2v) is 7.24. The summed E-state index contributed by atoms with van der Waals surface area (Å²) in [6.45, 7) is 8.58. The fourth-order valence-electron chi connectivity index (χ4n) is 3.73. The van der Waals surface area contributed by atoms with Gasteiger partial charge in [-0.05, 0) is 53.2 Å². The Hall–Kier alpha value is -1.70. The number of hydrogen-bond acceptors (Lipinski definition) is 2. The smallest absolute Gasteiger partial charge is 0.166 e. The SMILES string of the molecule is CC(C)c1cc2ccc3c(c2c(O)c1O)CCCC3(C)C. The first-order valence-electron chi connectivity index (χ1n) is 7.84. The zero-order valence-electron chi connectivity index (χ0n) is 13.3. The Morgan fingerprint density at radius 1 is 1.10 bits per heavy atom. The van der Waals surface area contributed by atoms with Gasteiger partial charge in [0.15, 0.2) is 11.5 Å². The number of benzene rings is 2. The molecule has 3 rings (SSSR count). The van der Waals surface area contributed by atoms with Gasteiger partial charge in [-0.2, -0.15) is 0 Å². The Morgan fingerprint density at radius 3 is 2.48 bits per heavy atom. The van der Waals surface area contributed by atoms with Crippen molar-refractivity contribution in [2.75, 3.05) is 0 Å². The molecule has 0 spiro atoms. The summed E-state index contributed by atoms with van der Waals surface area (Å²) in [5.41, 5.74) is 3.48. The fourth-order valence-corrected chi connectivity index (χ4v) is 3.73. The summed E-state index contributed by atoms with van der Waals surface area (Å²) in [7, 11) is 0. The summed E-state index contributed by atoms with van der Waals surface area (Å²) in [5.74, 6) is 0.299. The predicted octanol–water partition coefficient (Wildman–Crippen LogP) is 4.99. The minimum atomic E-state index is 0.0503. The van der Waals surface area contributed by atoms with Crippen LogP contribution in [0.5, 0.6) is 11.5 Å². The lowest BCUT2D eigenvalue weighted by atomic mass is 9.71. The molecule has 21 heavy (non-hydrogen) atoms. The molecule has 2 nitrogen and oxygen atoms in total. The Labute approximate surface area is 126 Å². The number of aryl methyl sites for hydroxylation is 1. The van der Waals surface area contributed by atoms with Crippen LogP contribution in [0.4, 0.5) is 0 Å². The van der Waals surface area contributed by atoms with E-state index in [1.165, 1.54) is 17.5 Å². The van der Waals surface area contributed by atoms with E-state index in [2.05, 4.69) is 26.0 Å². The van der Waals surface area contributed by atoms with Gasteiger partial charge in [0.25, 0.3) is 0 Å². The van der Waals surface area contributed by atoms with Crippen molar-refractivity contribution in [3.05, 3.63) is 34.9 Å². The van der Waals surface area contributed by atoms with Gasteiger partial charge in [-0.3, -0.25) is 0 Å². The molecule has 0 fully saturated rings. The van der Waals surface area contributed by atoms with Crippen LogP contribution in [0.3, 0.4) is 0 Å². The molecule has 0 saturated heterocycles. The zero-order chi connectivity index (χ0) is 15.4. The highest BCUT2D eigenvalue weighted by Gasteiger charge is 2.29. The van der Waals surface area contributed by atoms with Gasteiger partial charge in [-0.1, -0.05) is 39.8 Å². The van der Waals surface area contributed by atoms with Crippen molar-refractivity contribution in [2.45, 2.75) is 58.3 Å². The van der Waals surface area contributed by atoms with Gasteiger partial charge in [0.05, 0.1) is 0 Å². The molecule has 2 heteroatoms. The Morgan fingerprint density at radius 2 is 1.81 bits per heavy atom. The van der Waals surface area contributed by atoms with Gasteiger partial charge in [-0.25, -0.2) is 0 Å². The summed E-state index contributed by atoms with van der Waals surface area (Å²) in [4.78, 5) is 0. The van der Waals surface area contributed by atoms with Crippen LogP contribution in [-0.2, 0) is 11.8 Å². The topological polar surface area (TPSA) is 40.5 Å². The molecule has 0 heterocycles. The van der Waals surface area contributed by atoms with Gasteiger partial charge in [-0.15, -0.1) is 0 Å². The van der Waals surface area contributed by atoms with Crippen LogP contribution in [-0.4, -0.2) is 10.2 Å². The molecule has 0 bridgehead atoms. The van der Waals surface area contributed by atoms with E-state index in [-0.39, 0.29) is 22.8 Å². The molecule has 0 atom stereocenters. The third-order valence-corrected chi connectivity index (χ3v) is 4.97. The van der Waals surface area contributed by atoms with E-state index in [1.54, 1.807) is 0 Å². The third kappa shape index (κ3) is 2.08. The third-order valence-electron chi connectivity index (χ3n) is 4.97. The lowest BCUT2D eigenvalue weighted by Crippen LogP contribution is -2.23. The predicted molar refractivity (Wildman–Crippen MR) is 87.3 cm³/mol. The van der Waals surface area contributed by atoms with Crippen LogP contribution < -0.4 is 0 Å². The minimum absolute atomic E-state index is 0.0503. The Balaban J connectivity index is 2.38. The van der Waals surface area contributed by atoms with E-state index in [9.17, 15) is 10.2 Å². The molecule has 0 aromatic heterocycles. The first kappa shape index (κ1) is 14.2. The van der Waals surface area contributed by atoms with E-state index in [0.717, 1.165) is 29.2 Å². The Bertz CT molecular complexity index is 711. The number of hydrogen-bond donors (Lipinski definition) is 2. The maximum atomic E-state index is 10.6. The summed E-state index contributed by atoms with van der Waals surface area (Å²) in [6, 6.07) is 6.32. The second-order valence-electron chi connectivity index (χ2n) is 7.24. The summed E-state index contributed by atoms with van der Waals surface area (Å²) in [6.07, 6.45) is 3.28. The van der Waals surface area contributed by atoms with E-state index < -0.39 is 0 Å². The molecule has 2 aromatic rings. The van der Waals surface area contributed by atoms with E-state index in [0.29, 0.717) is 0 Å². The number of rotatable bonds is 1. The lowest BCUT2D eigenvalue weighted by molar-refractivity contribution is 0.400. The highest BCUT2D eigenvalue weighted by molar-refractivity contribution is 5.95. The average Bonchev–Trinajstić information content (AvgIpc) is 2.41. The molecule has 1 aliphatic carbocycles. The van der Waals surface area contributed by atoms with Crippen molar-refractivity contribution in [3.63, 3.8) is 0 Å². The fraction of sp³-hybridized carbons (Fsp3) is 0.474. The molecule has 0 unspecified atom stereocenters. The van der Waals surface area contributed by atoms with Gasteiger partial charge in [0.1, 0.15) is 0 Å². The minimum Gasteiger partial charge on any atom is -0.504 e. The first-order valence-corrected chi connectivity index (χ1v) is 7.84. The molecule has 0 amide bonds. The maximum absolute atomic E-state index is 10.6. The van der Waals surface area contributed by atoms with Gasteiger partial charge < -0.3 is 10.2 Å². The van der Waals surface area contributed by atoms with Crippen LogP contribution in [0.25, 0.3) is 10.8 Å². The van der Waals surface area contributed by atoms with Crippen molar-refractivity contribution < 1.29 is 10.2 Å². The highest BCUT2D eigenvalue weighted by atomic mass is 16.3. The number of phenolic OH excluding ortho intramolecular Hbond substituents is 2. The number of fused-ring (bicyclic) bond motifs is 3. The summed E-state index contributed by atoms with van der Waals surface area (Å²) >= 11 is 0. The standard InChI is InChI=1S/C19H24O2/c1-11(2)14-10-12-7-8-15-13(6-5-9-19(15,3)4)16(12)18(21)17(14)20/h7-8,10-11,20-21H,5-6,9H2,1-4H3. The second kappa shape index (κ2) is 4.66. The van der Waals surface area contributed by atoms with Gasteiger partial charge in [0, 0.05) is 10.9 Å². The molecule has 0 saturated carbocycles. The van der Waals surface area contributed by atoms with Gasteiger partial charge in [0.2, 0.25) is 0 Å². The van der Waals surface area contributed by atoms with Crippen LogP contribution in [0.2, 0.25) is 0 Å². The molecule has 0 radical (unpaired) electrons. The molecule has 2 N–H and O–H groups in total. The van der Waals surface area contributed by atoms with Crippen molar-refractivity contribution in [3.8, 4) is 11.5 Å². The quantitative estimate of drug-likeness (QED) is 0.724. The first-order chi connectivity index (χ1) is 9.83. The average molecular weight is 284 g/mol. The van der Waals surface area contributed by atoms with Crippen molar-refractivity contribution in [2.24, 2.45) is 0 Å². The van der Waals surface area contributed by atoms with E-state index in [4.69, 9.17) is 0 Å². The molecular weight excluding hydrogens is 260 g/mol. The van der Waals surface area contributed by atoms with Crippen molar-refractivity contribution in [1.29, 1.82) is 0 Å². The molecular formula is C19H24O2. The van der Waals surface area contributed by atoms with E-state index in [1.807, 2.05) is 19.9 Å². The molecule has 112 valence electrons. The monoisotopic (exact) mass is 284 g/mol. The molecule has 1 aliphatic rings. The lowest BCUT2D eigenvalue weighted by Gasteiger charge is -2.33. The van der Waals surface area contributed by atoms with Crippen LogP contribution in [0.15, 0.2) is 18.2 Å². The zero-order valence-corrected chi connectivity index (χ0v) is 13.3. The summed E-state index contributed by atoms with van der Waals surface area (Å²) in [5, 5.41) is 22.8.